The summed E-state index contributed by atoms with van der Waals surface area (Å²) in [5.74, 6) is 0.316. The smallest absolute Gasteiger partial charge is 0.345 e. The minimum absolute atomic E-state index is 0.0177. The van der Waals surface area contributed by atoms with Crippen molar-refractivity contribution in [3.63, 3.8) is 0 Å². The Morgan fingerprint density at radius 2 is 1.90 bits per heavy atom. The molecule has 0 radical (unpaired) electrons. The van der Waals surface area contributed by atoms with Gasteiger partial charge < -0.3 is 19.0 Å². The van der Waals surface area contributed by atoms with Crippen LogP contribution in [0, 0.1) is 6.92 Å². The number of piperazine rings is 1. The first-order valence-corrected chi connectivity index (χ1v) is 10.4. The van der Waals surface area contributed by atoms with Crippen molar-refractivity contribution in [3.8, 4) is 17.0 Å². The first kappa shape index (κ1) is 20.1. The van der Waals surface area contributed by atoms with Gasteiger partial charge in [-0.25, -0.2) is 9.78 Å². The van der Waals surface area contributed by atoms with Crippen LogP contribution in [0.4, 0.5) is 0 Å². The highest BCUT2D eigenvalue weighted by molar-refractivity contribution is 7.09. The fourth-order valence-electron chi connectivity index (χ4n) is 3.35. The normalized spacial score (nSPS) is 14.2. The van der Waals surface area contributed by atoms with Crippen LogP contribution < -0.4 is 10.4 Å². The highest BCUT2D eigenvalue weighted by Crippen LogP contribution is 2.25. The molecule has 30 heavy (non-hydrogen) atoms. The zero-order valence-electron chi connectivity index (χ0n) is 16.7. The van der Waals surface area contributed by atoms with E-state index in [1.807, 2.05) is 12.3 Å². The largest absolute Gasteiger partial charge is 0.484 e. The van der Waals surface area contributed by atoms with E-state index in [1.54, 1.807) is 34.1 Å². The van der Waals surface area contributed by atoms with Crippen LogP contribution in [-0.4, -0.2) is 59.4 Å². The van der Waals surface area contributed by atoms with Gasteiger partial charge in [-0.1, -0.05) is 0 Å². The average molecular weight is 427 g/mol. The van der Waals surface area contributed by atoms with Crippen LogP contribution >= 0.6 is 11.3 Å². The Bertz CT molecular complexity index is 1160. The van der Waals surface area contributed by atoms with E-state index in [1.165, 1.54) is 18.3 Å². The fourth-order valence-corrected chi connectivity index (χ4v) is 3.97. The maximum absolute atomic E-state index is 12.4. The van der Waals surface area contributed by atoms with Gasteiger partial charge in [-0.2, -0.15) is 0 Å². The molecule has 0 unspecified atom stereocenters. The lowest BCUT2D eigenvalue weighted by molar-refractivity contribution is -0.139. The number of nitrogens with zero attached hydrogens (tertiary/aromatic N) is 3. The highest BCUT2D eigenvalue weighted by atomic mass is 32.1. The van der Waals surface area contributed by atoms with Crippen molar-refractivity contribution in [1.29, 1.82) is 0 Å². The van der Waals surface area contributed by atoms with Crippen LogP contribution in [0.5, 0.6) is 5.75 Å². The molecule has 9 heteroatoms. The molecular weight excluding hydrogens is 406 g/mol. The summed E-state index contributed by atoms with van der Waals surface area (Å²) in [7, 11) is 0. The Hall–Kier alpha value is -3.20. The molecule has 2 aromatic heterocycles. The molecule has 0 N–H and O–H groups in total. The van der Waals surface area contributed by atoms with E-state index in [0.717, 1.165) is 10.4 Å². The molecule has 3 aromatic rings. The predicted octanol–water partition coefficient (Wildman–Crippen LogP) is 2.29. The summed E-state index contributed by atoms with van der Waals surface area (Å²) in [5, 5.41) is 3.45. The van der Waals surface area contributed by atoms with Gasteiger partial charge in [0.15, 0.2) is 6.61 Å². The lowest BCUT2D eigenvalue weighted by Gasteiger charge is -2.34. The summed E-state index contributed by atoms with van der Waals surface area (Å²) >= 11 is 1.47. The van der Waals surface area contributed by atoms with Gasteiger partial charge >= 0.3 is 5.63 Å². The van der Waals surface area contributed by atoms with Crippen molar-refractivity contribution < 1.29 is 18.7 Å². The summed E-state index contributed by atoms with van der Waals surface area (Å²) in [6, 6.07) is 6.87. The molecule has 0 aliphatic carbocycles. The number of carbonyl (C=O) groups is 2. The van der Waals surface area contributed by atoms with E-state index in [2.05, 4.69) is 4.98 Å². The summed E-state index contributed by atoms with van der Waals surface area (Å²) in [5.41, 5.74) is 0.935. The summed E-state index contributed by atoms with van der Waals surface area (Å²) < 4.78 is 11.1. The molecule has 0 bridgehead atoms. The van der Waals surface area contributed by atoms with Crippen molar-refractivity contribution >= 4 is 34.1 Å². The van der Waals surface area contributed by atoms with Crippen LogP contribution in [0.15, 0.2) is 38.9 Å². The number of ether oxygens (including phenoxy) is 1. The quantitative estimate of drug-likeness (QED) is 0.593. The summed E-state index contributed by atoms with van der Waals surface area (Å²) in [6.07, 6.45) is 0. The van der Waals surface area contributed by atoms with Gasteiger partial charge in [0.1, 0.15) is 11.3 Å². The maximum atomic E-state index is 12.4. The Labute approximate surface area is 176 Å². The Morgan fingerprint density at radius 3 is 2.57 bits per heavy atom. The van der Waals surface area contributed by atoms with E-state index >= 15 is 0 Å². The van der Waals surface area contributed by atoms with E-state index < -0.39 is 5.63 Å². The number of thiazole rings is 1. The predicted molar refractivity (Wildman–Crippen MR) is 113 cm³/mol. The number of hydrogen-bond acceptors (Lipinski definition) is 7. The second-order valence-electron chi connectivity index (χ2n) is 7.07. The molecule has 1 fully saturated rings. The maximum Gasteiger partial charge on any atom is 0.345 e. The molecule has 156 valence electrons. The third-order valence-corrected chi connectivity index (χ3v) is 5.82. The Morgan fingerprint density at radius 1 is 1.17 bits per heavy atom. The topological polar surface area (TPSA) is 93.0 Å². The van der Waals surface area contributed by atoms with E-state index in [4.69, 9.17) is 9.15 Å². The highest BCUT2D eigenvalue weighted by Gasteiger charge is 2.22. The molecule has 3 heterocycles. The van der Waals surface area contributed by atoms with Gasteiger partial charge in [-0.15, -0.1) is 11.3 Å². The van der Waals surface area contributed by atoms with Crippen molar-refractivity contribution in [2.45, 2.75) is 13.8 Å². The van der Waals surface area contributed by atoms with Gasteiger partial charge in [0.05, 0.1) is 16.3 Å². The standard InChI is InChI=1S/C21H21N3O5S/c1-13-22-18(12-30-13)17-9-15-3-4-16(10-19(15)29-21(17)27)28-11-20(26)24-7-5-23(6-8-24)14(2)25/h3-4,9-10,12H,5-8,11H2,1-2H3. The first-order valence-electron chi connectivity index (χ1n) is 9.57. The SMILES string of the molecule is CC(=O)N1CCN(C(=O)COc2ccc3cc(-c4csc(C)n4)c(=O)oc3c2)CC1. The molecule has 2 amide bonds. The molecule has 1 saturated heterocycles. The van der Waals surface area contributed by atoms with Crippen molar-refractivity contribution in [3.05, 3.63) is 45.1 Å². The molecule has 0 spiro atoms. The Kier molecular flexibility index (Phi) is 5.54. The number of benzene rings is 1. The Balaban J connectivity index is 1.43. The lowest BCUT2D eigenvalue weighted by atomic mass is 10.1. The third kappa shape index (κ3) is 4.20. The van der Waals surface area contributed by atoms with Gasteiger partial charge in [0, 0.05) is 49.9 Å². The fraction of sp³-hybridized carbons (Fsp3) is 0.333. The average Bonchev–Trinajstić information content (AvgIpc) is 3.17. The van der Waals surface area contributed by atoms with Crippen LogP contribution in [0.1, 0.15) is 11.9 Å². The van der Waals surface area contributed by atoms with Gasteiger partial charge in [0.2, 0.25) is 5.91 Å². The zero-order chi connectivity index (χ0) is 21.3. The molecule has 0 saturated carbocycles. The number of rotatable bonds is 4. The molecule has 1 aromatic carbocycles. The monoisotopic (exact) mass is 427 g/mol. The van der Waals surface area contributed by atoms with Crippen LogP contribution in [0.25, 0.3) is 22.2 Å². The molecule has 8 nitrogen and oxygen atoms in total. The lowest BCUT2D eigenvalue weighted by Crippen LogP contribution is -2.51. The van der Waals surface area contributed by atoms with Crippen LogP contribution in [-0.2, 0) is 9.59 Å². The number of aryl methyl sites for hydroxylation is 1. The number of carbonyl (C=O) groups excluding carboxylic acids is 2. The van der Waals surface area contributed by atoms with Gasteiger partial charge in [-0.3, -0.25) is 9.59 Å². The number of aromatic nitrogens is 1. The van der Waals surface area contributed by atoms with E-state index in [0.29, 0.717) is 48.8 Å². The van der Waals surface area contributed by atoms with Gasteiger partial charge in [-0.05, 0) is 25.1 Å². The summed E-state index contributed by atoms with van der Waals surface area (Å²) in [4.78, 5) is 43.9. The van der Waals surface area contributed by atoms with Crippen LogP contribution in [0.3, 0.4) is 0 Å². The molecule has 0 atom stereocenters. The first-order chi connectivity index (χ1) is 14.4. The molecule has 4 rings (SSSR count). The second-order valence-corrected chi connectivity index (χ2v) is 8.14. The van der Waals surface area contributed by atoms with Crippen molar-refractivity contribution in [2.24, 2.45) is 0 Å². The number of fused-ring (bicyclic) bond motifs is 1. The van der Waals surface area contributed by atoms with Gasteiger partial charge in [0.25, 0.3) is 5.91 Å². The second kappa shape index (κ2) is 8.27. The third-order valence-electron chi connectivity index (χ3n) is 5.04. The van der Waals surface area contributed by atoms with Crippen molar-refractivity contribution in [1.82, 2.24) is 14.8 Å². The zero-order valence-corrected chi connectivity index (χ0v) is 17.5. The van der Waals surface area contributed by atoms with E-state index in [-0.39, 0.29) is 18.4 Å². The van der Waals surface area contributed by atoms with E-state index in [9.17, 15) is 14.4 Å². The molecule has 1 aliphatic heterocycles. The molecular formula is C21H21N3O5S. The number of amides is 2. The van der Waals surface area contributed by atoms with Crippen LogP contribution in [0.2, 0.25) is 0 Å². The number of hydrogen-bond donors (Lipinski definition) is 0. The minimum atomic E-state index is -0.468. The van der Waals surface area contributed by atoms with Crippen molar-refractivity contribution in [2.75, 3.05) is 32.8 Å². The minimum Gasteiger partial charge on any atom is -0.484 e. The molecule has 1 aliphatic rings. The summed E-state index contributed by atoms with van der Waals surface area (Å²) in [6.45, 7) is 5.34.